The molecule has 0 aromatic carbocycles. The second kappa shape index (κ2) is 7.31. The summed E-state index contributed by atoms with van der Waals surface area (Å²) in [4.78, 5) is 6.53. The summed E-state index contributed by atoms with van der Waals surface area (Å²) in [6, 6.07) is 0. The van der Waals surface area contributed by atoms with Gasteiger partial charge in [-0.2, -0.15) is 5.10 Å². The quantitative estimate of drug-likeness (QED) is 0.475. The van der Waals surface area contributed by atoms with Crippen LogP contribution in [0.2, 0.25) is 0 Å². The summed E-state index contributed by atoms with van der Waals surface area (Å²) < 4.78 is 0. The Morgan fingerprint density at radius 2 is 1.90 bits per heavy atom. The second-order valence-electron chi connectivity index (χ2n) is 11.2. The molecule has 0 bridgehead atoms. The lowest BCUT2D eigenvalue weighted by atomic mass is 9.48. The number of hydrogen-bond donors (Lipinski definition) is 2. The Labute approximate surface area is 190 Å². The van der Waals surface area contributed by atoms with E-state index < -0.39 is 0 Å². The van der Waals surface area contributed by atoms with Crippen LogP contribution in [0.1, 0.15) is 82.2 Å². The summed E-state index contributed by atoms with van der Waals surface area (Å²) in [7, 11) is 0. The van der Waals surface area contributed by atoms with Crippen LogP contribution in [0.4, 0.5) is 5.13 Å². The Morgan fingerprint density at radius 1 is 1.10 bits per heavy atom. The molecule has 2 heterocycles. The second-order valence-corrected chi connectivity index (χ2v) is 12.2. The molecule has 0 amide bonds. The number of allylic oxidation sites excluding steroid dienone is 2. The van der Waals surface area contributed by atoms with Gasteiger partial charge in [0.25, 0.3) is 0 Å². The lowest BCUT2D eigenvalue weighted by Crippen LogP contribution is -2.49. The van der Waals surface area contributed by atoms with Gasteiger partial charge in [0, 0.05) is 24.2 Å². The van der Waals surface area contributed by atoms with Gasteiger partial charge in [0.15, 0.2) is 5.13 Å². The van der Waals surface area contributed by atoms with E-state index >= 15 is 0 Å². The summed E-state index contributed by atoms with van der Waals surface area (Å²) in [5.74, 6) is 8.13. The molecule has 2 saturated carbocycles. The largest absolute Gasteiger partial charge is 0.323 e. The van der Waals surface area contributed by atoms with Gasteiger partial charge in [-0.05, 0) is 86.5 Å². The Kier molecular flexibility index (Phi) is 4.77. The molecular weight excluding hydrogens is 402 g/mol. The summed E-state index contributed by atoms with van der Waals surface area (Å²) in [6.45, 7) is 7.31. The molecule has 31 heavy (non-hydrogen) atoms. The number of nitrogens with zero attached hydrogens (tertiary/aromatic N) is 3. The van der Waals surface area contributed by atoms with Gasteiger partial charge in [0.05, 0.1) is 10.6 Å². The maximum absolute atomic E-state index is 5.81. The summed E-state index contributed by atoms with van der Waals surface area (Å²) in [5, 5.41) is 7.72. The predicted octanol–water partition coefficient (Wildman–Crippen LogP) is 5.45. The zero-order chi connectivity index (χ0) is 21.2. The first-order valence-electron chi connectivity index (χ1n) is 12.5. The third-order valence-electron chi connectivity index (χ3n) is 9.79. The Balaban J connectivity index is 1.30. The molecule has 5 nitrogen and oxygen atoms in total. The van der Waals surface area contributed by atoms with Gasteiger partial charge in [-0.25, -0.2) is 9.99 Å². The normalized spacial score (nSPS) is 41.2. The van der Waals surface area contributed by atoms with Crippen molar-refractivity contribution in [3.63, 3.8) is 0 Å². The number of thiazole rings is 1. The van der Waals surface area contributed by atoms with E-state index in [4.69, 9.17) is 10.8 Å². The van der Waals surface area contributed by atoms with Crippen LogP contribution in [0.15, 0.2) is 11.2 Å². The molecule has 1 saturated heterocycles. The van der Waals surface area contributed by atoms with Crippen molar-refractivity contribution in [2.75, 3.05) is 18.5 Å². The van der Waals surface area contributed by atoms with Crippen molar-refractivity contribution in [3.8, 4) is 0 Å². The molecule has 5 aliphatic rings. The van der Waals surface area contributed by atoms with Crippen molar-refractivity contribution >= 4 is 27.8 Å². The fourth-order valence-electron chi connectivity index (χ4n) is 8.07. The van der Waals surface area contributed by atoms with Crippen LogP contribution in [0.5, 0.6) is 0 Å². The van der Waals surface area contributed by atoms with E-state index in [0.29, 0.717) is 5.41 Å². The maximum atomic E-state index is 5.81. The first-order valence-corrected chi connectivity index (χ1v) is 13.3. The van der Waals surface area contributed by atoms with E-state index in [0.717, 1.165) is 48.8 Å². The lowest BCUT2D eigenvalue weighted by molar-refractivity contribution is 0.0117. The average molecular weight is 440 g/mol. The SMILES string of the molecule is C[C@]12CCc3nc(NN4CCCCC4)sc3C1=CC[C@@H]1[C@@H]2CC[C@]2(C)/C(=N/N)CC[C@@H]12. The van der Waals surface area contributed by atoms with Crippen LogP contribution < -0.4 is 11.3 Å². The van der Waals surface area contributed by atoms with Crippen LogP contribution in [-0.4, -0.2) is 28.8 Å². The number of hydrazine groups is 1. The minimum atomic E-state index is 0.244. The Hall–Kier alpha value is -1.40. The van der Waals surface area contributed by atoms with Gasteiger partial charge in [0.2, 0.25) is 0 Å². The predicted molar refractivity (Wildman–Crippen MR) is 129 cm³/mol. The molecule has 3 N–H and O–H groups in total. The molecule has 6 heteroatoms. The van der Waals surface area contributed by atoms with Crippen LogP contribution in [-0.2, 0) is 6.42 Å². The maximum Gasteiger partial charge on any atom is 0.198 e. The number of nitrogens with two attached hydrogens (primary N) is 1. The lowest BCUT2D eigenvalue weighted by Gasteiger charge is -2.56. The van der Waals surface area contributed by atoms with E-state index in [1.54, 1.807) is 5.57 Å². The highest BCUT2D eigenvalue weighted by molar-refractivity contribution is 7.16. The van der Waals surface area contributed by atoms with Crippen molar-refractivity contribution in [1.29, 1.82) is 0 Å². The Bertz CT molecular complexity index is 928. The molecule has 1 aliphatic heterocycles. The molecule has 168 valence electrons. The number of piperidine rings is 1. The zero-order valence-corrected chi connectivity index (χ0v) is 19.9. The van der Waals surface area contributed by atoms with Gasteiger partial charge in [-0.15, -0.1) is 0 Å². The number of anilines is 1. The van der Waals surface area contributed by atoms with E-state index in [-0.39, 0.29) is 5.41 Å². The van der Waals surface area contributed by atoms with E-state index in [2.05, 4.69) is 35.5 Å². The highest BCUT2D eigenvalue weighted by Crippen LogP contribution is 2.65. The van der Waals surface area contributed by atoms with E-state index in [1.807, 2.05) is 11.3 Å². The van der Waals surface area contributed by atoms with Gasteiger partial charge in [-0.3, -0.25) is 5.43 Å². The molecule has 4 aliphatic carbocycles. The molecule has 1 aromatic rings. The monoisotopic (exact) mass is 439 g/mol. The topological polar surface area (TPSA) is 66.5 Å². The van der Waals surface area contributed by atoms with Gasteiger partial charge < -0.3 is 5.84 Å². The Morgan fingerprint density at radius 3 is 2.71 bits per heavy atom. The van der Waals surface area contributed by atoms with E-state index in [1.165, 1.54) is 67.6 Å². The summed E-state index contributed by atoms with van der Waals surface area (Å²) in [5.41, 5.74) is 8.43. The van der Waals surface area contributed by atoms with Crippen molar-refractivity contribution in [2.45, 2.75) is 78.1 Å². The summed E-state index contributed by atoms with van der Waals surface area (Å²) >= 11 is 1.91. The number of hydrogen-bond acceptors (Lipinski definition) is 6. The number of fused-ring (bicyclic) bond motifs is 7. The number of nitrogens with one attached hydrogen (secondary N) is 1. The van der Waals surface area contributed by atoms with Crippen LogP contribution in [0.25, 0.3) is 5.57 Å². The standard InChI is InChI=1S/C25H37N5S/c1-24-13-11-20-22(31-23(27-20)29-30-14-4-3-5-15-30)19(24)7-6-16-17-8-9-21(28-26)25(17,2)12-10-18(16)24/h7,16-18H,3-6,8-15,26H2,1-2H3,(H,27,29)/b28-21+/t16-,17-,18-,24+,25-/m0/s1. The fourth-order valence-corrected chi connectivity index (χ4v) is 9.28. The zero-order valence-electron chi connectivity index (χ0n) is 19.1. The molecular formula is C25H37N5S. The summed E-state index contributed by atoms with van der Waals surface area (Å²) in [6.07, 6.45) is 15.1. The molecule has 5 atom stereocenters. The minimum absolute atomic E-state index is 0.244. The number of hydrazone groups is 1. The van der Waals surface area contributed by atoms with Gasteiger partial charge >= 0.3 is 0 Å². The van der Waals surface area contributed by atoms with Crippen molar-refractivity contribution in [1.82, 2.24) is 9.99 Å². The van der Waals surface area contributed by atoms with Crippen molar-refractivity contribution < 1.29 is 0 Å². The molecule has 1 aromatic heterocycles. The molecule has 0 radical (unpaired) electrons. The fraction of sp³-hybridized carbons (Fsp3) is 0.760. The smallest absolute Gasteiger partial charge is 0.198 e. The number of aromatic nitrogens is 1. The van der Waals surface area contributed by atoms with Crippen LogP contribution in [0, 0.1) is 28.6 Å². The molecule has 0 unspecified atom stereocenters. The highest BCUT2D eigenvalue weighted by Gasteiger charge is 2.58. The third-order valence-corrected chi connectivity index (χ3v) is 10.8. The number of aryl methyl sites for hydroxylation is 1. The third kappa shape index (κ3) is 2.97. The first-order chi connectivity index (χ1) is 15.0. The molecule has 6 rings (SSSR count). The van der Waals surface area contributed by atoms with E-state index in [9.17, 15) is 0 Å². The van der Waals surface area contributed by atoms with Crippen molar-refractivity contribution in [2.24, 2.45) is 39.5 Å². The molecule has 0 spiro atoms. The first kappa shape index (κ1) is 20.2. The average Bonchev–Trinajstić information content (AvgIpc) is 3.33. The van der Waals surface area contributed by atoms with Crippen molar-refractivity contribution in [3.05, 3.63) is 16.6 Å². The molecule has 3 fully saturated rings. The van der Waals surface area contributed by atoms with Crippen LogP contribution in [0.3, 0.4) is 0 Å². The highest BCUT2D eigenvalue weighted by atomic mass is 32.1. The van der Waals surface area contributed by atoms with Crippen LogP contribution >= 0.6 is 11.3 Å². The number of rotatable bonds is 2. The van der Waals surface area contributed by atoms with Gasteiger partial charge in [0.1, 0.15) is 0 Å². The van der Waals surface area contributed by atoms with Gasteiger partial charge in [-0.1, -0.05) is 37.7 Å². The minimum Gasteiger partial charge on any atom is -0.323 e.